The van der Waals surface area contributed by atoms with Crippen LogP contribution in [0.2, 0.25) is 0 Å². The number of aromatic nitrogens is 4. The summed E-state index contributed by atoms with van der Waals surface area (Å²) in [6.07, 6.45) is 3.71. The van der Waals surface area contributed by atoms with Gasteiger partial charge >= 0.3 is 12.2 Å². The molecule has 14 nitrogen and oxygen atoms in total. The predicted octanol–water partition coefficient (Wildman–Crippen LogP) is 8.96. The average Bonchev–Trinajstić information content (AvgIpc) is 4.14. The molecular weight excluding hydrogens is 821 g/mol. The van der Waals surface area contributed by atoms with Crippen molar-refractivity contribution >= 4 is 46.1 Å². The van der Waals surface area contributed by atoms with Crippen molar-refractivity contribution < 1.29 is 28.7 Å². The number of aromatic amines is 2. The van der Waals surface area contributed by atoms with Gasteiger partial charge in [-0.2, -0.15) is 0 Å². The van der Waals surface area contributed by atoms with Crippen LogP contribution in [0.3, 0.4) is 0 Å². The number of likely N-dealkylation sites (tertiary alicyclic amines) is 2. The van der Waals surface area contributed by atoms with Crippen molar-refractivity contribution in [3.05, 3.63) is 107 Å². The van der Waals surface area contributed by atoms with Crippen LogP contribution in [0.25, 0.3) is 44.3 Å². The Kier molecular flexibility index (Phi) is 13.2. The molecule has 8 rings (SSSR count). The standard InChI is InChI=1S/C51H60N8O6/c1-29(2)44(56-50(62)64-6)48(60)58-24-10-14-42(58)46-52-38-22-20-34(27-40(38)54-46)36-13-9-8-12-33(36)19-18-32-17-16-31(5)37(26-32)35-21-23-39-41(28-35)55-47(53-39)43-15-11-25-59(43)49(61)45(30(3)4)57-51(63)65-7/h8-9,12-13,16-17,20-23,26-30,42-45H,10-11,14-15,18-19,24-25H2,1-7H3,(H,52,54)(H,53,55)(H,56,62)(H,57,63)/t42-,43-,44-,45-/m0/s1. The second-order valence-electron chi connectivity index (χ2n) is 18.1. The van der Waals surface area contributed by atoms with E-state index in [2.05, 4.69) is 94.3 Å². The highest BCUT2D eigenvalue weighted by molar-refractivity contribution is 5.88. The van der Waals surface area contributed by atoms with E-state index in [1.165, 1.54) is 30.9 Å². The first-order valence-corrected chi connectivity index (χ1v) is 22.8. The van der Waals surface area contributed by atoms with E-state index in [1.54, 1.807) is 0 Å². The fraction of sp³-hybridized carbons (Fsp3) is 0.412. The lowest BCUT2D eigenvalue weighted by atomic mass is 9.92. The molecule has 0 radical (unpaired) electrons. The van der Waals surface area contributed by atoms with Crippen LogP contribution in [0.15, 0.2) is 78.9 Å². The number of methoxy groups -OCH3 is 2. The number of nitrogens with zero attached hydrogens (tertiary/aromatic N) is 4. The van der Waals surface area contributed by atoms with Gasteiger partial charge in [-0.25, -0.2) is 19.6 Å². The number of alkyl carbamates (subject to hydrolysis) is 2. The minimum atomic E-state index is -0.694. The number of aryl methyl sites for hydroxylation is 3. The fourth-order valence-electron chi connectivity index (χ4n) is 9.53. The number of ether oxygens (including phenoxy) is 2. The number of nitrogens with one attached hydrogen (secondary N) is 4. The van der Waals surface area contributed by atoms with Crippen LogP contribution in [0.4, 0.5) is 9.59 Å². The predicted molar refractivity (Wildman–Crippen MR) is 251 cm³/mol. The van der Waals surface area contributed by atoms with E-state index in [4.69, 9.17) is 19.4 Å². The highest BCUT2D eigenvalue weighted by atomic mass is 16.5. The monoisotopic (exact) mass is 880 g/mol. The maximum absolute atomic E-state index is 13.7. The van der Waals surface area contributed by atoms with E-state index < -0.39 is 24.3 Å². The molecule has 4 heterocycles. The summed E-state index contributed by atoms with van der Waals surface area (Å²) in [6.45, 7) is 11.0. The van der Waals surface area contributed by atoms with Crippen molar-refractivity contribution in [1.82, 2.24) is 40.4 Å². The van der Waals surface area contributed by atoms with Gasteiger partial charge in [0.25, 0.3) is 0 Å². The first-order valence-electron chi connectivity index (χ1n) is 22.8. The third-order valence-corrected chi connectivity index (χ3v) is 13.1. The maximum atomic E-state index is 13.7. The lowest BCUT2D eigenvalue weighted by Gasteiger charge is -2.29. The zero-order valence-electron chi connectivity index (χ0n) is 38.4. The summed E-state index contributed by atoms with van der Waals surface area (Å²) in [5.74, 6) is 1.01. The van der Waals surface area contributed by atoms with Crippen LogP contribution in [0.1, 0.15) is 93.8 Å². The summed E-state index contributed by atoms with van der Waals surface area (Å²) in [4.78, 5) is 72.3. The van der Waals surface area contributed by atoms with Gasteiger partial charge in [-0.1, -0.05) is 82.3 Å². The van der Waals surface area contributed by atoms with Crippen LogP contribution in [0.5, 0.6) is 0 Å². The highest BCUT2D eigenvalue weighted by Gasteiger charge is 2.39. The Balaban J connectivity index is 0.977. The minimum absolute atomic E-state index is 0.110. The summed E-state index contributed by atoms with van der Waals surface area (Å²) < 4.78 is 9.61. The van der Waals surface area contributed by atoms with Crippen molar-refractivity contribution in [3.8, 4) is 22.3 Å². The third-order valence-electron chi connectivity index (χ3n) is 13.1. The normalized spacial score (nSPS) is 17.2. The van der Waals surface area contributed by atoms with E-state index in [0.29, 0.717) is 13.1 Å². The second kappa shape index (κ2) is 19.2. The summed E-state index contributed by atoms with van der Waals surface area (Å²) >= 11 is 0. The van der Waals surface area contributed by atoms with Crippen molar-refractivity contribution in [1.29, 1.82) is 0 Å². The Morgan fingerprint density at radius 3 is 1.68 bits per heavy atom. The Hall–Kier alpha value is -6.70. The van der Waals surface area contributed by atoms with Gasteiger partial charge in [0.1, 0.15) is 23.7 Å². The van der Waals surface area contributed by atoms with Gasteiger partial charge in [-0.3, -0.25) is 9.59 Å². The van der Waals surface area contributed by atoms with Crippen LogP contribution in [-0.4, -0.2) is 93.1 Å². The number of H-pyrrole nitrogens is 2. The Morgan fingerprint density at radius 2 is 1.17 bits per heavy atom. The van der Waals surface area contributed by atoms with Crippen LogP contribution in [0, 0.1) is 18.8 Å². The van der Waals surface area contributed by atoms with Gasteiger partial charge in [-0.05, 0) is 120 Å². The van der Waals surface area contributed by atoms with Crippen LogP contribution in [-0.2, 0) is 31.9 Å². The molecular formula is C51H60N8O6. The first kappa shape index (κ1) is 44.9. The van der Waals surface area contributed by atoms with E-state index in [9.17, 15) is 19.2 Å². The lowest BCUT2D eigenvalue weighted by molar-refractivity contribution is -0.136. The largest absolute Gasteiger partial charge is 0.453 e. The minimum Gasteiger partial charge on any atom is -0.453 e. The summed E-state index contributed by atoms with van der Waals surface area (Å²) in [5.41, 5.74) is 11.6. The lowest BCUT2D eigenvalue weighted by Crippen LogP contribution is -2.51. The second-order valence-corrected chi connectivity index (χ2v) is 18.1. The van der Waals surface area contributed by atoms with E-state index in [0.717, 1.165) is 94.5 Å². The zero-order valence-corrected chi connectivity index (χ0v) is 38.4. The van der Waals surface area contributed by atoms with Gasteiger partial charge in [-0.15, -0.1) is 0 Å². The average molecular weight is 881 g/mol. The molecule has 4 amide bonds. The molecule has 340 valence electrons. The third kappa shape index (κ3) is 9.43. The van der Waals surface area contributed by atoms with Gasteiger partial charge in [0.2, 0.25) is 11.8 Å². The van der Waals surface area contributed by atoms with E-state index >= 15 is 0 Å². The van der Waals surface area contributed by atoms with E-state index in [-0.39, 0.29) is 35.7 Å². The molecule has 2 aliphatic heterocycles. The molecule has 2 saturated heterocycles. The Morgan fingerprint density at radius 1 is 0.662 bits per heavy atom. The van der Waals surface area contributed by atoms with Gasteiger partial charge in [0.15, 0.2) is 0 Å². The van der Waals surface area contributed by atoms with Crippen molar-refractivity contribution in [2.75, 3.05) is 27.3 Å². The first-order chi connectivity index (χ1) is 31.3. The van der Waals surface area contributed by atoms with Gasteiger partial charge in [0.05, 0.1) is 48.4 Å². The van der Waals surface area contributed by atoms with Crippen LogP contribution < -0.4 is 10.6 Å². The molecule has 4 atom stereocenters. The smallest absolute Gasteiger partial charge is 0.407 e. The number of hydrogen-bond acceptors (Lipinski definition) is 8. The number of carbonyl (C=O) groups is 4. The molecule has 0 saturated carbocycles. The maximum Gasteiger partial charge on any atom is 0.407 e. The topological polar surface area (TPSA) is 175 Å². The van der Waals surface area contributed by atoms with Crippen LogP contribution >= 0.6 is 0 Å². The molecule has 0 aliphatic carbocycles. The molecule has 65 heavy (non-hydrogen) atoms. The SMILES string of the molecule is COC(=O)N[C@H](C(=O)N1CCC[C@H]1c1nc2ccc(-c3cc(CCc4ccccc4-c4ccc5nc([C@@H]6CCCN6C(=O)[C@@H](NC(=O)OC)C(C)C)[nH]c5c4)ccc3C)cc2[nH]1)C(C)C. The number of fused-ring (bicyclic) bond motifs is 2. The zero-order chi connectivity index (χ0) is 45.9. The molecule has 14 heteroatoms. The van der Waals surface area contributed by atoms with Crippen molar-refractivity contribution in [2.24, 2.45) is 11.8 Å². The molecule has 2 aliphatic rings. The summed E-state index contributed by atoms with van der Waals surface area (Å²) in [6, 6.07) is 26.0. The number of imidazole rings is 2. The summed E-state index contributed by atoms with van der Waals surface area (Å²) in [5, 5.41) is 5.45. The molecule has 0 spiro atoms. The number of amides is 4. The molecule has 4 aromatic carbocycles. The highest BCUT2D eigenvalue weighted by Crippen LogP contribution is 2.36. The number of carbonyl (C=O) groups excluding carboxylic acids is 4. The van der Waals surface area contributed by atoms with Gasteiger partial charge in [0, 0.05) is 13.1 Å². The molecule has 2 aromatic heterocycles. The summed E-state index contributed by atoms with van der Waals surface area (Å²) in [7, 11) is 2.60. The molecule has 2 fully saturated rings. The van der Waals surface area contributed by atoms with Crippen molar-refractivity contribution in [3.63, 3.8) is 0 Å². The number of rotatable bonds is 13. The molecule has 0 bridgehead atoms. The molecule has 6 aromatic rings. The van der Waals surface area contributed by atoms with Gasteiger partial charge < -0.3 is 39.9 Å². The fourth-order valence-corrected chi connectivity index (χ4v) is 9.53. The Bertz CT molecular complexity index is 2720. The molecule has 0 unspecified atom stereocenters. The Labute approximate surface area is 379 Å². The van der Waals surface area contributed by atoms with Crippen molar-refractivity contribution in [2.45, 2.75) is 97.3 Å². The quantitative estimate of drug-likeness (QED) is 0.0890. The molecule has 4 N–H and O–H groups in total. The van der Waals surface area contributed by atoms with E-state index in [1.807, 2.05) is 49.6 Å². The number of benzene rings is 4. The number of hydrogen-bond donors (Lipinski definition) is 4.